The zero-order chi connectivity index (χ0) is 70.7. The summed E-state index contributed by atoms with van der Waals surface area (Å²) in [6.07, 6.45) is -5.15. The third-order valence-corrected chi connectivity index (χ3v) is 17.2. The van der Waals surface area contributed by atoms with Crippen LogP contribution >= 0.6 is 12.6 Å². The Kier molecular flexibility index (Phi) is 31.1. The molecule has 2 fully saturated rings. The highest BCUT2D eigenvalue weighted by Crippen LogP contribution is 2.32. The van der Waals surface area contributed by atoms with E-state index in [2.05, 4.69) is 23.3 Å². The van der Waals surface area contributed by atoms with Crippen molar-refractivity contribution in [3.8, 4) is 0 Å². The van der Waals surface area contributed by atoms with Gasteiger partial charge in [-0.1, -0.05) is 97.8 Å². The molecule has 1 aliphatic carbocycles. The molecule has 0 spiro atoms. The maximum Gasteiger partial charge on any atom is 0.416 e. The van der Waals surface area contributed by atoms with Crippen LogP contribution in [-0.4, -0.2) is 203 Å². The summed E-state index contributed by atoms with van der Waals surface area (Å²) < 4.78 is 91.8. The molecule has 8 N–H and O–H groups in total. The van der Waals surface area contributed by atoms with E-state index in [9.17, 15) is 55.1 Å². The quantitative estimate of drug-likeness (QED) is 0.0190. The lowest BCUT2D eigenvalue weighted by atomic mass is 10.1. The molecule has 4 aromatic carbocycles. The van der Waals surface area contributed by atoms with Crippen LogP contribution in [0.3, 0.4) is 0 Å². The van der Waals surface area contributed by atoms with Gasteiger partial charge in [0.1, 0.15) is 32.2 Å². The molecule has 3 unspecified atom stereocenters. The Bertz CT molecular complexity index is 3240. The highest BCUT2D eigenvalue weighted by Gasteiger charge is 2.37. The molecule has 0 aromatic heterocycles. The SMILES string of the molecule is CC(NCC(=O)N(CC(=O)N(CC(=O)N(CC(=O)N(CC(=O)N(CC(=O)N(CCCCN)CC(=O)N(CCCCN)CC(=O)NC(CS)C(N)=O)Cc1cccc(C(F)(F)F)c1)Cc1cccc(C(F)(F)F)c1)CC1CCCO1)Cc1ccccc1)C1CCCC1)c1ccccc1. The molecule has 97 heavy (non-hydrogen) atoms. The van der Waals surface area contributed by atoms with Crippen molar-refractivity contribution in [1.29, 1.82) is 0 Å². The standard InChI is InChI=1S/C68H90F6N12O10S/c1-48(52-21-6-3-7-22-52)78-35-59(88)86(55-25-8-9-26-55)46-65(94)82(36-49-17-4-2-5-18-49)44-64(93)85(39-56-27-16-32-96-56)45-63(92)84(38-51-20-15-24-54(34-51)68(72,73)74)43-62(91)83(37-50-19-14-23-53(33-50)67(69,70)71)42-61(90)81(31-13-11-29-76)41-60(89)80(30-12-10-28-75)40-58(87)79-57(47-97)66(77)95/h2-7,14-15,17-24,33-34,48,55-57,78,97H,8-13,16,25-32,35-47,75-76H2,1H3,(H2,77,95)(H,79,87). The van der Waals surface area contributed by atoms with Gasteiger partial charge in [0.25, 0.3) is 0 Å². The van der Waals surface area contributed by atoms with Crippen LogP contribution in [0.15, 0.2) is 109 Å². The number of carbonyl (C=O) groups is 9. The minimum absolute atomic E-state index is 0.0395. The number of primary amides is 1. The Hall–Kier alpha value is -8.12. The smallest absolute Gasteiger partial charge is 0.376 e. The fourth-order valence-corrected chi connectivity index (χ4v) is 11.7. The first-order chi connectivity index (χ1) is 46.3. The largest absolute Gasteiger partial charge is 0.416 e. The van der Waals surface area contributed by atoms with Crippen molar-refractivity contribution in [1.82, 2.24) is 44.9 Å². The second-order valence-electron chi connectivity index (χ2n) is 24.3. The molecule has 3 atom stereocenters. The molecule has 0 radical (unpaired) electrons. The van der Waals surface area contributed by atoms with Crippen LogP contribution in [0.25, 0.3) is 0 Å². The van der Waals surface area contributed by atoms with Crippen molar-refractivity contribution in [2.75, 3.05) is 97.4 Å². The Morgan fingerprint density at radius 2 is 0.979 bits per heavy atom. The lowest BCUT2D eigenvalue weighted by Crippen LogP contribution is -2.53. The van der Waals surface area contributed by atoms with Gasteiger partial charge in [-0.2, -0.15) is 39.0 Å². The monoisotopic (exact) mass is 1380 g/mol. The van der Waals surface area contributed by atoms with Gasteiger partial charge in [0.15, 0.2) is 0 Å². The van der Waals surface area contributed by atoms with Crippen molar-refractivity contribution in [2.24, 2.45) is 17.2 Å². The highest BCUT2D eigenvalue weighted by molar-refractivity contribution is 7.80. The van der Waals surface area contributed by atoms with Gasteiger partial charge in [-0.15, -0.1) is 0 Å². The average Bonchev–Trinajstić information content (AvgIpc) is 1.38. The summed E-state index contributed by atoms with van der Waals surface area (Å²) in [5.41, 5.74) is 16.0. The molecular weight excluding hydrogens is 1290 g/mol. The van der Waals surface area contributed by atoms with Crippen LogP contribution in [0, 0.1) is 0 Å². The number of nitrogens with two attached hydrogens (primary N) is 3. The number of rotatable bonds is 38. The first-order valence-corrected chi connectivity index (χ1v) is 33.2. The number of amides is 9. The van der Waals surface area contributed by atoms with E-state index in [1.165, 1.54) is 17.0 Å². The van der Waals surface area contributed by atoms with Gasteiger partial charge < -0.3 is 66.9 Å². The summed E-state index contributed by atoms with van der Waals surface area (Å²) in [5.74, 6) is -7.33. The van der Waals surface area contributed by atoms with E-state index >= 15 is 14.4 Å². The second kappa shape index (κ2) is 38.7. The highest BCUT2D eigenvalue weighted by atomic mass is 32.1. The molecule has 1 saturated carbocycles. The van der Waals surface area contributed by atoms with Gasteiger partial charge in [0, 0.05) is 63.7 Å². The minimum atomic E-state index is -4.87. The second-order valence-corrected chi connectivity index (χ2v) is 24.7. The Labute approximate surface area is 567 Å². The summed E-state index contributed by atoms with van der Waals surface area (Å²) in [6, 6.07) is 24.3. The van der Waals surface area contributed by atoms with Crippen molar-refractivity contribution in [3.63, 3.8) is 0 Å². The molecule has 1 heterocycles. The third kappa shape index (κ3) is 25.7. The van der Waals surface area contributed by atoms with Crippen LogP contribution in [0.4, 0.5) is 26.3 Å². The summed E-state index contributed by atoms with van der Waals surface area (Å²) in [5, 5.41) is 5.68. The number of carbonyl (C=O) groups excluding carboxylic acids is 9. The molecular formula is C68H90F6N12O10S. The minimum Gasteiger partial charge on any atom is -0.376 e. The van der Waals surface area contributed by atoms with E-state index in [4.69, 9.17) is 21.9 Å². The molecule has 1 aliphatic heterocycles. The van der Waals surface area contributed by atoms with Crippen molar-refractivity contribution in [3.05, 3.63) is 143 Å². The Morgan fingerprint density at radius 3 is 1.45 bits per heavy atom. The van der Waals surface area contributed by atoms with Crippen LogP contribution in [0.2, 0.25) is 0 Å². The van der Waals surface area contributed by atoms with Crippen LogP contribution < -0.4 is 27.8 Å². The number of ether oxygens (including phenoxy) is 1. The maximum absolute atomic E-state index is 15.3. The first-order valence-electron chi connectivity index (χ1n) is 32.6. The van der Waals surface area contributed by atoms with Gasteiger partial charge in [-0.25, -0.2) is 0 Å². The van der Waals surface area contributed by atoms with Gasteiger partial charge in [0.2, 0.25) is 53.2 Å². The topological polar surface area (TPSA) is 288 Å². The number of hydrogen-bond donors (Lipinski definition) is 6. The van der Waals surface area contributed by atoms with Crippen molar-refractivity contribution >= 4 is 65.8 Å². The molecule has 2 aliphatic rings. The molecule has 530 valence electrons. The summed E-state index contributed by atoms with van der Waals surface area (Å²) in [6.45, 7) is -4.66. The average molecular weight is 1380 g/mol. The number of nitrogens with zero attached hydrogens (tertiary/aromatic N) is 7. The normalized spacial score (nSPS) is 14.6. The van der Waals surface area contributed by atoms with E-state index in [0.717, 1.165) is 79.3 Å². The molecule has 0 bridgehead atoms. The molecule has 29 heteroatoms. The molecule has 1 saturated heterocycles. The number of unbranched alkanes of at least 4 members (excludes halogenated alkanes) is 2. The van der Waals surface area contributed by atoms with E-state index in [-0.39, 0.29) is 87.1 Å². The summed E-state index contributed by atoms with van der Waals surface area (Å²) in [7, 11) is 0. The van der Waals surface area contributed by atoms with E-state index < -0.39 is 142 Å². The van der Waals surface area contributed by atoms with Gasteiger partial charge in [-0.3, -0.25) is 43.2 Å². The van der Waals surface area contributed by atoms with Crippen LogP contribution in [-0.2, 0) is 79.9 Å². The first kappa shape index (κ1) is 77.9. The van der Waals surface area contributed by atoms with Crippen LogP contribution in [0.1, 0.15) is 111 Å². The fraction of sp³-hybridized carbons (Fsp3) is 0.515. The predicted octanol–water partition coefficient (Wildman–Crippen LogP) is 5.27. The van der Waals surface area contributed by atoms with Crippen LogP contribution in [0.5, 0.6) is 0 Å². The molecule has 9 amide bonds. The number of thiol groups is 1. The third-order valence-electron chi connectivity index (χ3n) is 16.9. The Balaban J connectivity index is 1.35. The van der Waals surface area contributed by atoms with Crippen molar-refractivity contribution in [2.45, 2.75) is 127 Å². The van der Waals surface area contributed by atoms with E-state index in [1.807, 2.05) is 37.3 Å². The lowest BCUT2D eigenvalue weighted by molar-refractivity contribution is -0.150. The zero-order valence-electron chi connectivity index (χ0n) is 54.7. The summed E-state index contributed by atoms with van der Waals surface area (Å²) in [4.78, 5) is 137. The van der Waals surface area contributed by atoms with Gasteiger partial charge >= 0.3 is 12.4 Å². The molecule has 6 rings (SSSR count). The maximum atomic E-state index is 15.3. The number of hydrogen-bond acceptors (Lipinski definition) is 14. The van der Waals surface area contributed by atoms with E-state index in [0.29, 0.717) is 57.1 Å². The fourth-order valence-electron chi connectivity index (χ4n) is 11.4. The number of halogens is 6. The number of benzene rings is 4. The van der Waals surface area contributed by atoms with Crippen molar-refractivity contribution < 1.29 is 74.2 Å². The van der Waals surface area contributed by atoms with Gasteiger partial charge in [0.05, 0.1) is 43.4 Å². The van der Waals surface area contributed by atoms with E-state index in [1.54, 1.807) is 35.2 Å². The number of alkyl halides is 6. The number of nitrogens with one attached hydrogen (secondary N) is 2. The van der Waals surface area contributed by atoms with Gasteiger partial charge in [-0.05, 0) is 118 Å². The molecule has 22 nitrogen and oxygen atoms in total. The summed E-state index contributed by atoms with van der Waals surface area (Å²) >= 11 is 4.06. The zero-order valence-corrected chi connectivity index (χ0v) is 55.6. The Morgan fingerprint density at radius 1 is 0.536 bits per heavy atom. The lowest BCUT2D eigenvalue weighted by Gasteiger charge is -2.34. The molecule has 4 aromatic rings. The predicted molar refractivity (Wildman–Crippen MR) is 353 cm³/mol.